The molecule has 1 N–H and O–H groups in total. The molecule has 1 aromatic heterocycles. The number of aromatic nitrogens is 1. The molecule has 0 bridgehead atoms. The summed E-state index contributed by atoms with van der Waals surface area (Å²) in [7, 11) is 0. The second-order valence-electron chi connectivity index (χ2n) is 6.99. The van der Waals surface area contributed by atoms with Gasteiger partial charge in [-0.1, -0.05) is 32.0 Å². The Balaban J connectivity index is 1.99. The Morgan fingerprint density at radius 3 is 2.48 bits per heavy atom. The van der Waals surface area contributed by atoms with Crippen molar-refractivity contribution in [2.45, 2.75) is 46.1 Å². The quantitative estimate of drug-likeness (QED) is 0.870. The number of hydrogen-bond donors (Lipinski definition) is 1. The maximum absolute atomic E-state index is 11.0. The van der Waals surface area contributed by atoms with Crippen molar-refractivity contribution in [3.8, 4) is 0 Å². The van der Waals surface area contributed by atoms with Crippen LogP contribution in [0, 0.1) is 24.7 Å². The summed E-state index contributed by atoms with van der Waals surface area (Å²) < 4.78 is 0. The Labute approximate surface area is 127 Å². The Bertz CT molecular complexity index is 626. The van der Waals surface area contributed by atoms with E-state index in [0.717, 1.165) is 35.0 Å². The third-order valence-corrected chi connectivity index (χ3v) is 4.86. The third kappa shape index (κ3) is 2.96. The summed E-state index contributed by atoms with van der Waals surface area (Å²) >= 11 is 0. The van der Waals surface area contributed by atoms with Crippen LogP contribution in [0.15, 0.2) is 30.3 Å². The summed E-state index contributed by atoms with van der Waals surface area (Å²) in [6, 6.07) is 10.2. The average Bonchev–Trinajstić information content (AvgIpc) is 2.44. The fourth-order valence-electron chi connectivity index (χ4n) is 4.11. The lowest BCUT2D eigenvalue weighted by Gasteiger charge is -2.34. The molecule has 3 unspecified atom stereocenters. The summed E-state index contributed by atoms with van der Waals surface area (Å²) in [6.07, 6.45) is 3.17. The lowest BCUT2D eigenvalue weighted by atomic mass is 9.73. The van der Waals surface area contributed by atoms with Gasteiger partial charge in [0.1, 0.15) is 0 Å². The van der Waals surface area contributed by atoms with Crippen molar-refractivity contribution in [1.82, 2.24) is 4.98 Å². The van der Waals surface area contributed by atoms with Gasteiger partial charge in [-0.15, -0.1) is 0 Å². The van der Waals surface area contributed by atoms with Gasteiger partial charge in [0, 0.05) is 11.1 Å². The number of benzene rings is 1. The molecule has 3 rings (SSSR count). The summed E-state index contributed by atoms with van der Waals surface area (Å²) in [4.78, 5) is 4.58. The predicted octanol–water partition coefficient (Wildman–Crippen LogP) is 4.65. The summed E-state index contributed by atoms with van der Waals surface area (Å²) in [6.45, 7) is 6.63. The molecule has 3 atom stereocenters. The molecule has 2 aromatic rings. The topological polar surface area (TPSA) is 33.1 Å². The van der Waals surface area contributed by atoms with Crippen LogP contribution in [-0.2, 0) is 0 Å². The number of pyridine rings is 1. The van der Waals surface area contributed by atoms with Crippen LogP contribution >= 0.6 is 0 Å². The summed E-state index contributed by atoms with van der Waals surface area (Å²) in [5, 5.41) is 12.1. The van der Waals surface area contributed by atoms with E-state index < -0.39 is 0 Å². The van der Waals surface area contributed by atoms with Gasteiger partial charge in [-0.3, -0.25) is 4.98 Å². The monoisotopic (exact) mass is 283 g/mol. The van der Waals surface area contributed by atoms with E-state index in [0.29, 0.717) is 17.8 Å². The molecule has 0 spiro atoms. The molecule has 0 amide bonds. The van der Waals surface area contributed by atoms with Crippen LogP contribution in [0.1, 0.15) is 50.5 Å². The van der Waals surface area contributed by atoms with Gasteiger partial charge in [-0.05, 0) is 61.6 Å². The first-order valence-corrected chi connectivity index (χ1v) is 8.09. The number of aliphatic hydroxyl groups excluding tert-OH is 1. The van der Waals surface area contributed by atoms with E-state index in [4.69, 9.17) is 0 Å². The Morgan fingerprint density at radius 1 is 1.10 bits per heavy atom. The van der Waals surface area contributed by atoms with Crippen LogP contribution in [0.5, 0.6) is 0 Å². The highest BCUT2D eigenvalue weighted by Crippen LogP contribution is 2.41. The summed E-state index contributed by atoms with van der Waals surface area (Å²) in [5.74, 6) is 1.79. The Hall–Kier alpha value is -1.41. The third-order valence-electron chi connectivity index (χ3n) is 4.86. The molecule has 2 heteroatoms. The van der Waals surface area contributed by atoms with Crippen molar-refractivity contribution in [2.75, 3.05) is 0 Å². The van der Waals surface area contributed by atoms with Crippen LogP contribution < -0.4 is 0 Å². The van der Waals surface area contributed by atoms with E-state index in [9.17, 15) is 5.11 Å². The fraction of sp³-hybridized carbons (Fsp3) is 0.526. The van der Waals surface area contributed by atoms with Crippen LogP contribution in [0.4, 0.5) is 0 Å². The second-order valence-corrected chi connectivity index (χ2v) is 6.99. The largest absolute Gasteiger partial charge is 0.388 e. The van der Waals surface area contributed by atoms with E-state index in [-0.39, 0.29) is 6.10 Å². The molecule has 0 aliphatic heterocycles. The number of nitrogens with zero attached hydrogens (tertiary/aromatic N) is 1. The molecule has 1 heterocycles. The van der Waals surface area contributed by atoms with Gasteiger partial charge < -0.3 is 5.11 Å². The van der Waals surface area contributed by atoms with Gasteiger partial charge in [0.2, 0.25) is 0 Å². The molecule has 1 fully saturated rings. The zero-order chi connectivity index (χ0) is 15.0. The van der Waals surface area contributed by atoms with Crippen LogP contribution in [-0.4, -0.2) is 10.1 Å². The molecule has 21 heavy (non-hydrogen) atoms. The summed E-state index contributed by atoms with van der Waals surface area (Å²) in [5.41, 5.74) is 3.03. The molecule has 2 nitrogen and oxygen atoms in total. The number of fused-ring (bicyclic) bond motifs is 1. The Kier molecular flexibility index (Phi) is 3.99. The van der Waals surface area contributed by atoms with E-state index in [2.05, 4.69) is 31.0 Å². The molecule has 1 saturated carbocycles. The highest BCUT2D eigenvalue weighted by molar-refractivity contribution is 5.82. The number of rotatable bonds is 2. The van der Waals surface area contributed by atoms with E-state index in [1.54, 1.807) is 0 Å². The van der Waals surface area contributed by atoms with Gasteiger partial charge in [0.25, 0.3) is 0 Å². The maximum Gasteiger partial charge on any atom is 0.0825 e. The van der Waals surface area contributed by atoms with Gasteiger partial charge >= 0.3 is 0 Å². The minimum Gasteiger partial charge on any atom is -0.388 e. The average molecular weight is 283 g/mol. The zero-order valence-electron chi connectivity index (χ0n) is 13.2. The van der Waals surface area contributed by atoms with Crippen molar-refractivity contribution in [3.63, 3.8) is 0 Å². The maximum atomic E-state index is 11.0. The minimum absolute atomic E-state index is 0.369. The first-order chi connectivity index (χ1) is 10.0. The molecule has 1 aromatic carbocycles. The predicted molar refractivity (Wildman–Crippen MR) is 87.1 cm³/mol. The second kappa shape index (κ2) is 5.76. The smallest absolute Gasteiger partial charge is 0.0825 e. The lowest BCUT2D eigenvalue weighted by Crippen LogP contribution is -2.25. The minimum atomic E-state index is -0.373. The van der Waals surface area contributed by atoms with Crippen LogP contribution in [0.2, 0.25) is 0 Å². The number of hydrogen-bond acceptors (Lipinski definition) is 2. The lowest BCUT2D eigenvalue weighted by molar-refractivity contribution is 0.0561. The van der Waals surface area contributed by atoms with Gasteiger partial charge in [-0.2, -0.15) is 0 Å². The van der Waals surface area contributed by atoms with Crippen molar-refractivity contribution in [2.24, 2.45) is 17.8 Å². The van der Waals surface area contributed by atoms with Crippen molar-refractivity contribution < 1.29 is 5.11 Å². The highest BCUT2D eigenvalue weighted by Gasteiger charge is 2.30. The van der Waals surface area contributed by atoms with E-state index >= 15 is 0 Å². The van der Waals surface area contributed by atoms with E-state index in [1.807, 2.05) is 25.1 Å². The zero-order valence-corrected chi connectivity index (χ0v) is 13.2. The van der Waals surface area contributed by atoms with E-state index in [1.165, 1.54) is 6.42 Å². The number of aliphatic hydroxyl groups is 1. The molecule has 0 saturated heterocycles. The number of aryl methyl sites for hydroxylation is 1. The van der Waals surface area contributed by atoms with Gasteiger partial charge in [0.05, 0.1) is 11.6 Å². The normalized spacial score (nSPS) is 27.7. The molecule has 1 aliphatic rings. The Morgan fingerprint density at radius 2 is 1.76 bits per heavy atom. The van der Waals surface area contributed by atoms with Crippen LogP contribution in [0.25, 0.3) is 10.9 Å². The van der Waals surface area contributed by atoms with Crippen molar-refractivity contribution in [3.05, 3.63) is 41.6 Å². The van der Waals surface area contributed by atoms with Crippen molar-refractivity contribution in [1.29, 1.82) is 0 Å². The molecule has 0 radical (unpaired) electrons. The highest BCUT2D eigenvalue weighted by atomic mass is 16.3. The van der Waals surface area contributed by atoms with Crippen LogP contribution in [0.3, 0.4) is 0 Å². The molecular formula is C19H25NO. The number of para-hydroxylation sites is 1. The molecule has 1 aliphatic carbocycles. The fourth-order valence-corrected chi connectivity index (χ4v) is 4.11. The standard InChI is InChI=1S/C19H25NO/c1-12-8-13(2)10-15(9-12)19(21)17-11-14(3)20-18-7-5-4-6-16(17)18/h4-7,11-13,15,19,21H,8-10H2,1-3H3. The first kappa shape index (κ1) is 14.5. The molecule has 112 valence electrons. The van der Waals surface area contributed by atoms with Gasteiger partial charge in [-0.25, -0.2) is 0 Å². The first-order valence-electron chi connectivity index (χ1n) is 8.09. The SMILES string of the molecule is Cc1cc(C(O)C2CC(C)CC(C)C2)c2ccccc2n1. The van der Waals surface area contributed by atoms with Gasteiger partial charge in [0.15, 0.2) is 0 Å². The molecular weight excluding hydrogens is 258 g/mol. The van der Waals surface area contributed by atoms with Crippen molar-refractivity contribution >= 4 is 10.9 Å².